The molecule has 3 aromatic rings. The van der Waals surface area contributed by atoms with Crippen molar-refractivity contribution in [1.29, 1.82) is 0 Å². The Hall–Kier alpha value is -1.58. The topological polar surface area (TPSA) is 53.4 Å². The van der Waals surface area contributed by atoms with Crippen molar-refractivity contribution >= 4 is 10.9 Å². The second-order valence-electron chi connectivity index (χ2n) is 11.4. The Kier molecular flexibility index (Phi) is 14.3. The Morgan fingerprint density at radius 1 is 0.846 bits per heavy atom. The number of pyridine rings is 1. The van der Waals surface area contributed by atoms with E-state index in [1.807, 2.05) is 0 Å². The molecule has 3 nitrogen and oxygen atoms in total. The van der Waals surface area contributed by atoms with Gasteiger partial charge in [-0.1, -0.05) is 104 Å². The van der Waals surface area contributed by atoms with Crippen LogP contribution in [0.3, 0.4) is 0 Å². The fraction of sp³-hybridized carbons (Fsp3) is 0.571. The molecule has 2 aromatic carbocycles. The van der Waals surface area contributed by atoms with Crippen LogP contribution in [0.5, 0.6) is 0 Å². The van der Waals surface area contributed by atoms with Crippen LogP contribution in [-0.4, -0.2) is 27.4 Å². The van der Waals surface area contributed by atoms with Crippen LogP contribution in [-0.2, 0) is 20.1 Å². The van der Waals surface area contributed by atoms with E-state index in [9.17, 15) is 10.2 Å². The van der Waals surface area contributed by atoms with E-state index in [1.54, 1.807) is 0 Å². The molecule has 0 saturated heterocycles. The van der Waals surface area contributed by atoms with Gasteiger partial charge in [-0.3, -0.25) is 4.98 Å². The van der Waals surface area contributed by atoms with Crippen LogP contribution < -0.4 is 0 Å². The van der Waals surface area contributed by atoms with Crippen molar-refractivity contribution in [3.63, 3.8) is 0 Å². The van der Waals surface area contributed by atoms with E-state index >= 15 is 0 Å². The van der Waals surface area contributed by atoms with Crippen molar-refractivity contribution in [1.82, 2.24) is 4.98 Å². The minimum atomic E-state index is -0.337. The number of hydrogen-bond donors (Lipinski definition) is 2. The molecule has 1 radical (unpaired) electrons. The molecule has 2 atom stereocenters. The van der Waals surface area contributed by atoms with Gasteiger partial charge in [0.05, 0.1) is 17.7 Å². The largest absolute Gasteiger partial charge is 0.393 e. The maximum absolute atomic E-state index is 9.96. The summed E-state index contributed by atoms with van der Waals surface area (Å²) in [6.45, 7) is 12.6. The minimum Gasteiger partial charge on any atom is -0.393 e. The number of aromatic nitrogens is 1. The molecule has 2 unspecified atom stereocenters. The van der Waals surface area contributed by atoms with Gasteiger partial charge in [-0.25, -0.2) is 0 Å². The molecular weight excluding hydrogens is 659 g/mol. The van der Waals surface area contributed by atoms with Gasteiger partial charge in [-0.2, -0.15) is 0 Å². The first-order valence-electron chi connectivity index (χ1n) is 15.1. The summed E-state index contributed by atoms with van der Waals surface area (Å²) in [6, 6.07) is 18.8. The van der Waals surface area contributed by atoms with Crippen molar-refractivity contribution in [2.24, 2.45) is 11.8 Å². The van der Waals surface area contributed by atoms with Crippen LogP contribution in [0.4, 0.5) is 0 Å². The molecule has 1 heterocycles. The third-order valence-electron chi connectivity index (χ3n) is 8.65. The van der Waals surface area contributed by atoms with E-state index in [0.717, 1.165) is 48.4 Å². The first kappa shape index (κ1) is 33.6. The molecule has 1 fully saturated rings. The summed E-state index contributed by atoms with van der Waals surface area (Å²) in [7, 11) is 0. The van der Waals surface area contributed by atoms with Crippen LogP contribution in [0.1, 0.15) is 108 Å². The minimum absolute atomic E-state index is 0. The average Bonchev–Trinajstić information content (AvgIpc) is 3.44. The van der Waals surface area contributed by atoms with Crippen LogP contribution in [0.2, 0.25) is 0 Å². The molecule has 0 amide bonds. The van der Waals surface area contributed by atoms with Crippen molar-refractivity contribution < 1.29 is 30.3 Å². The zero-order valence-electron chi connectivity index (χ0n) is 25.0. The van der Waals surface area contributed by atoms with Crippen molar-refractivity contribution in [3.8, 4) is 11.3 Å². The SMILES string of the molecule is CCC(CC)C(O)CC(O)C(CC)CC.Cc1[c-]c(-c2ccc3c(C4CCCC4)cccc3n2)cc(C)c1.[Ir]. The molecule has 0 aliphatic heterocycles. The first-order valence-corrected chi connectivity index (χ1v) is 15.1. The predicted octanol–water partition coefficient (Wildman–Crippen LogP) is 8.94. The number of benzene rings is 2. The summed E-state index contributed by atoms with van der Waals surface area (Å²) in [5.41, 5.74) is 7.14. The molecule has 2 N–H and O–H groups in total. The van der Waals surface area contributed by atoms with Crippen LogP contribution in [0.15, 0.2) is 42.5 Å². The second kappa shape index (κ2) is 16.6. The summed E-state index contributed by atoms with van der Waals surface area (Å²) >= 11 is 0. The Balaban J connectivity index is 0.000000294. The molecule has 1 saturated carbocycles. The van der Waals surface area contributed by atoms with Gasteiger partial charge in [0.15, 0.2) is 0 Å². The summed E-state index contributed by atoms with van der Waals surface area (Å²) in [5, 5.41) is 21.2. The molecule has 1 aliphatic carbocycles. The van der Waals surface area contributed by atoms with E-state index in [1.165, 1.54) is 47.8 Å². The molecule has 0 spiro atoms. The Bertz CT molecular complexity index is 1100. The van der Waals surface area contributed by atoms with E-state index < -0.39 is 0 Å². The van der Waals surface area contributed by atoms with Gasteiger partial charge >= 0.3 is 0 Å². The molecular formula is C35H50IrNO2-. The molecule has 1 aliphatic rings. The maximum atomic E-state index is 9.96. The number of aryl methyl sites for hydroxylation is 2. The van der Waals surface area contributed by atoms with Gasteiger partial charge in [0.2, 0.25) is 0 Å². The number of aliphatic hydroxyl groups is 2. The van der Waals surface area contributed by atoms with E-state index in [4.69, 9.17) is 4.98 Å². The summed E-state index contributed by atoms with van der Waals surface area (Å²) in [5.74, 6) is 1.40. The smallest absolute Gasteiger partial charge is 0.0598 e. The third kappa shape index (κ3) is 9.22. The zero-order chi connectivity index (χ0) is 27.7. The molecule has 0 bridgehead atoms. The van der Waals surface area contributed by atoms with Gasteiger partial charge in [-0.15, -0.1) is 34.9 Å². The van der Waals surface area contributed by atoms with Crippen LogP contribution >= 0.6 is 0 Å². The second-order valence-corrected chi connectivity index (χ2v) is 11.4. The van der Waals surface area contributed by atoms with E-state index in [2.05, 4.69) is 90.1 Å². The zero-order valence-corrected chi connectivity index (χ0v) is 27.4. The average molecular weight is 709 g/mol. The number of hydrogen-bond acceptors (Lipinski definition) is 3. The number of fused-ring (bicyclic) bond motifs is 1. The summed E-state index contributed by atoms with van der Waals surface area (Å²) in [4.78, 5) is 4.93. The van der Waals surface area contributed by atoms with E-state index in [-0.39, 0.29) is 32.3 Å². The van der Waals surface area contributed by atoms with Gasteiger partial charge in [0.1, 0.15) is 0 Å². The first-order chi connectivity index (χ1) is 18.3. The normalized spacial score (nSPS) is 15.2. The Labute approximate surface area is 251 Å². The molecule has 217 valence electrons. The maximum Gasteiger partial charge on any atom is 0.0598 e. The Morgan fingerprint density at radius 2 is 1.44 bits per heavy atom. The van der Waals surface area contributed by atoms with Gasteiger partial charge in [-0.05, 0) is 54.3 Å². The fourth-order valence-electron chi connectivity index (χ4n) is 6.25. The van der Waals surface area contributed by atoms with Gasteiger partial charge in [0.25, 0.3) is 0 Å². The summed E-state index contributed by atoms with van der Waals surface area (Å²) < 4.78 is 0. The van der Waals surface area contributed by atoms with Crippen molar-refractivity contribution in [2.75, 3.05) is 0 Å². The Morgan fingerprint density at radius 3 is 1.97 bits per heavy atom. The molecule has 4 heteroatoms. The van der Waals surface area contributed by atoms with Crippen molar-refractivity contribution in [3.05, 3.63) is 65.2 Å². The number of nitrogens with zero attached hydrogens (tertiary/aromatic N) is 1. The number of rotatable bonds is 10. The molecule has 4 rings (SSSR count). The van der Waals surface area contributed by atoms with E-state index in [0.29, 0.717) is 18.3 Å². The predicted molar refractivity (Wildman–Crippen MR) is 161 cm³/mol. The third-order valence-corrected chi connectivity index (χ3v) is 8.65. The van der Waals surface area contributed by atoms with Gasteiger partial charge in [0, 0.05) is 25.5 Å². The van der Waals surface area contributed by atoms with Crippen molar-refractivity contribution in [2.45, 2.75) is 117 Å². The fourth-order valence-corrected chi connectivity index (χ4v) is 6.25. The molecule has 1 aromatic heterocycles. The van der Waals surface area contributed by atoms with Gasteiger partial charge < -0.3 is 10.2 Å². The molecule has 39 heavy (non-hydrogen) atoms. The summed E-state index contributed by atoms with van der Waals surface area (Å²) in [6.07, 6.45) is 9.22. The monoisotopic (exact) mass is 709 g/mol. The quantitative estimate of drug-likeness (QED) is 0.207. The standard InChI is InChI=1S/C22H22N.C13H28O2.Ir/c1-15-12-16(2)14-18(13-15)21-11-10-20-19(17-6-3-4-7-17)8-5-9-22(20)23-21;1-5-10(6-2)12(14)9-13(15)11(7-3)8-4;/h5,8-13,17H,3-4,6-7H2,1-2H3;10-15H,5-9H2,1-4H3;/q-1;;. The van der Waals surface area contributed by atoms with Crippen LogP contribution in [0.25, 0.3) is 22.2 Å². The number of aliphatic hydroxyl groups excluding tert-OH is 2. The van der Waals surface area contributed by atoms with Crippen LogP contribution in [0, 0.1) is 31.7 Å².